The maximum Gasteiger partial charge on any atom is 0.0546 e. The molecule has 0 bridgehead atoms. The van der Waals surface area contributed by atoms with Crippen LogP contribution in [0.15, 0.2) is 35.2 Å². The summed E-state index contributed by atoms with van der Waals surface area (Å²) in [4.78, 5) is 0.809. The summed E-state index contributed by atoms with van der Waals surface area (Å²) in [6, 6.07) is 9.25. The minimum Gasteiger partial charge on any atom is -0.313 e. The molecule has 0 aliphatic carbocycles. The molecule has 0 aromatic heterocycles. The maximum absolute atomic E-state index is 12.5. The molecule has 1 rings (SSSR count). The van der Waals surface area contributed by atoms with Gasteiger partial charge < -0.3 is 5.21 Å². The second-order valence-electron chi connectivity index (χ2n) is 7.22. The quantitative estimate of drug-likeness (QED) is 0.862. The molecule has 0 saturated carbocycles. The molecule has 0 spiro atoms. The van der Waals surface area contributed by atoms with E-state index in [0.717, 1.165) is 4.90 Å². The van der Waals surface area contributed by atoms with Crippen molar-refractivity contribution in [3.8, 4) is 0 Å². The van der Waals surface area contributed by atoms with Gasteiger partial charge in [-0.1, -0.05) is 39.0 Å². The van der Waals surface area contributed by atoms with Crippen LogP contribution in [0.2, 0.25) is 0 Å². The Labute approximate surface area is 125 Å². The molecule has 1 N–H and O–H groups in total. The van der Waals surface area contributed by atoms with Gasteiger partial charge in [-0.3, -0.25) is 4.21 Å². The van der Waals surface area contributed by atoms with E-state index in [0.29, 0.717) is 5.75 Å². The minimum atomic E-state index is -1.12. The summed E-state index contributed by atoms with van der Waals surface area (Å²) in [6.07, 6.45) is 0. The Morgan fingerprint density at radius 1 is 1.10 bits per heavy atom. The lowest BCUT2D eigenvalue weighted by atomic mass is 9.86. The summed E-state index contributed by atoms with van der Waals surface area (Å²) >= 11 is 0. The smallest absolute Gasteiger partial charge is 0.0546 e. The first kappa shape index (κ1) is 17.3. The van der Waals surface area contributed by atoms with Crippen LogP contribution < -0.4 is 0 Å². The lowest BCUT2D eigenvalue weighted by molar-refractivity contribution is -0.202. The van der Waals surface area contributed by atoms with Crippen LogP contribution in [0.25, 0.3) is 0 Å². The van der Waals surface area contributed by atoms with Crippen LogP contribution in [0.5, 0.6) is 0 Å². The number of hydroxylamine groups is 2. The minimum absolute atomic E-state index is 0.160. The molecule has 20 heavy (non-hydrogen) atoms. The third-order valence-corrected chi connectivity index (χ3v) is 4.71. The van der Waals surface area contributed by atoms with E-state index in [2.05, 4.69) is 20.8 Å². The van der Waals surface area contributed by atoms with Crippen molar-refractivity contribution in [2.24, 2.45) is 5.41 Å². The molecule has 0 amide bonds. The fourth-order valence-corrected chi connectivity index (χ4v) is 3.55. The molecule has 0 fully saturated rings. The summed E-state index contributed by atoms with van der Waals surface area (Å²) in [5, 5.41) is 11.8. The van der Waals surface area contributed by atoms with Gasteiger partial charge in [-0.05, 0) is 38.3 Å². The Balaban J connectivity index is 2.95. The van der Waals surface area contributed by atoms with Gasteiger partial charge in [0, 0.05) is 16.2 Å². The van der Waals surface area contributed by atoms with Gasteiger partial charge in [0.05, 0.1) is 16.8 Å². The standard InChI is InChI=1S/C16H27NO2S/c1-15(2,3)14(17(18)16(4,5)6)12-20(19)13-10-8-7-9-11-13/h7-11,14,18H,12H2,1-6H3/t14-,20+/m0/s1. The molecule has 0 unspecified atom stereocenters. The van der Waals surface area contributed by atoms with E-state index in [9.17, 15) is 9.42 Å². The number of rotatable bonds is 4. The van der Waals surface area contributed by atoms with Crippen LogP contribution in [0.4, 0.5) is 0 Å². The topological polar surface area (TPSA) is 40.5 Å². The predicted molar refractivity (Wildman–Crippen MR) is 84.3 cm³/mol. The van der Waals surface area contributed by atoms with Gasteiger partial charge in [0.25, 0.3) is 0 Å². The molecule has 0 heterocycles. The fraction of sp³-hybridized carbons (Fsp3) is 0.625. The Hall–Kier alpha value is -0.710. The average Bonchev–Trinajstić information content (AvgIpc) is 2.33. The molecule has 0 radical (unpaired) electrons. The van der Waals surface area contributed by atoms with Gasteiger partial charge in [0.15, 0.2) is 0 Å². The van der Waals surface area contributed by atoms with Crippen LogP contribution in [0.1, 0.15) is 41.5 Å². The van der Waals surface area contributed by atoms with E-state index in [-0.39, 0.29) is 17.0 Å². The van der Waals surface area contributed by atoms with Gasteiger partial charge >= 0.3 is 0 Å². The zero-order valence-corrected chi connectivity index (χ0v) is 14.2. The molecule has 0 saturated heterocycles. The summed E-state index contributed by atoms with van der Waals surface area (Å²) < 4.78 is 12.5. The van der Waals surface area contributed by atoms with Crippen LogP contribution in [0, 0.1) is 5.41 Å². The zero-order valence-electron chi connectivity index (χ0n) is 13.4. The number of hydrogen-bond acceptors (Lipinski definition) is 3. The van der Waals surface area contributed by atoms with Crippen LogP contribution in [-0.2, 0) is 10.8 Å². The van der Waals surface area contributed by atoms with Crippen molar-refractivity contribution < 1.29 is 9.42 Å². The number of nitrogens with zero attached hydrogens (tertiary/aromatic N) is 1. The Kier molecular flexibility index (Phi) is 5.53. The third-order valence-electron chi connectivity index (χ3n) is 3.30. The van der Waals surface area contributed by atoms with Gasteiger partial charge in [-0.25, -0.2) is 0 Å². The van der Waals surface area contributed by atoms with Crippen LogP contribution >= 0.6 is 0 Å². The third kappa shape index (κ3) is 4.69. The highest BCUT2D eigenvalue weighted by Gasteiger charge is 2.37. The first-order valence-electron chi connectivity index (χ1n) is 6.95. The van der Waals surface area contributed by atoms with Crippen molar-refractivity contribution in [1.29, 1.82) is 0 Å². The van der Waals surface area contributed by atoms with E-state index in [1.165, 1.54) is 5.06 Å². The van der Waals surface area contributed by atoms with E-state index < -0.39 is 10.8 Å². The molecule has 4 heteroatoms. The maximum atomic E-state index is 12.5. The summed E-state index contributed by atoms with van der Waals surface area (Å²) in [5.74, 6) is 0.418. The second-order valence-corrected chi connectivity index (χ2v) is 8.72. The first-order chi connectivity index (χ1) is 9.03. The molecular weight excluding hydrogens is 270 g/mol. The highest BCUT2D eigenvalue weighted by Crippen LogP contribution is 2.29. The van der Waals surface area contributed by atoms with Crippen molar-refractivity contribution >= 4 is 10.8 Å². The van der Waals surface area contributed by atoms with E-state index in [1.807, 2.05) is 51.1 Å². The molecule has 114 valence electrons. The SMILES string of the molecule is CC(C)(C)[C@H](C[S@@](=O)c1ccccc1)N(O)C(C)(C)C. The van der Waals surface area contributed by atoms with Crippen molar-refractivity contribution in [1.82, 2.24) is 5.06 Å². The normalized spacial score (nSPS) is 16.2. The van der Waals surface area contributed by atoms with E-state index >= 15 is 0 Å². The van der Waals surface area contributed by atoms with E-state index in [1.54, 1.807) is 0 Å². The van der Waals surface area contributed by atoms with Crippen molar-refractivity contribution in [2.75, 3.05) is 5.75 Å². The van der Waals surface area contributed by atoms with Gasteiger partial charge in [-0.2, -0.15) is 5.06 Å². The van der Waals surface area contributed by atoms with Gasteiger partial charge in [0.2, 0.25) is 0 Å². The van der Waals surface area contributed by atoms with Crippen LogP contribution in [0.3, 0.4) is 0 Å². The molecule has 2 atom stereocenters. The summed E-state index contributed by atoms with van der Waals surface area (Å²) in [6.45, 7) is 12.1. The van der Waals surface area contributed by atoms with Crippen molar-refractivity contribution in [3.63, 3.8) is 0 Å². The Morgan fingerprint density at radius 3 is 2.00 bits per heavy atom. The molecule has 3 nitrogen and oxygen atoms in total. The monoisotopic (exact) mass is 297 g/mol. The summed E-state index contributed by atoms with van der Waals surface area (Å²) in [5.41, 5.74) is -0.536. The summed E-state index contributed by atoms with van der Waals surface area (Å²) in [7, 11) is -1.12. The fourth-order valence-electron chi connectivity index (χ4n) is 1.97. The van der Waals surface area contributed by atoms with Crippen molar-refractivity contribution in [2.45, 2.75) is 58.0 Å². The van der Waals surface area contributed by atoms with Crippen LogP contribution in [-0.4, -0.2) is 31.8 Å². The highest BCUT2D eigenvalue weighted by molar-refractivity contribution is 7.85. The second kappa shape index (κ2) is 6.37. The zero-order chi connectivity index (χ0) is 15.6. The molecule has 1 aromatic rings. The molecule has 0 aliphatic rings. The number of hydrogen-bond donors (Lipinski definition) is 1. The lowest BCUT2D eigenvalue weighted by Gasteiger charge is -2.42. The first-order valence-corrected chi connectivity index (χ1v) is 8.27. The van der Waals surface area contributed by atoms with Gasteiger partial charge in [-0.15, -0.1) is 0 Å². The molecule has 0 aliphatic heterocycles. The number of benzene rings is 1. The Morgan fingerprint density at radius 2 is 1.60 bits per heavy atom. The predicted octanol–water partition coefficient (Wildman–Crippen LogP) is 3.70. The largest absolute Gasteiger partial charge is 0.313 e. The highest BCUT2D eigenvalue weighted by atomic mass is 32.2. The molecule has 1 aromatic carbocycles. The molecular formula is C16H27NO2S. The van der Waals surface area contributed by atoms with Gasteiger partial charge in [0.1, 0.15) is 0 Å². The van der Waals surface area contributed by atoms with Crippen molar-refractivity contribution in [3.05, 3.63) is 30.3 Å². The average molecular weight is 297 g/mol. The Bertz CT molecular complexity index is 446. The lowest BCUT2D eigenvalue weighted by Crippen LogP contribution is -2.53. The van der Waals surface area contributed by atoms with E-state index in [4.69, 9.17) is 0 Å².